The van der Waals surface area contributed by atoms with Gasteiger partial charge in [-0.1, -0.05) is 21.5 Å². The Morgan fingerprint density at radius 1 is 0.688 bits per heavy atom. The van der Waals surface area contributed by atoms with E-state index in [-0.39, 0.29) is 12.1 Å². The number of allylic oxidation sites excluding steroid dienone is 2. The third-order valence-electron chi connectivity index (χ3n) is 3.92. The topological polar surface area (TPSA) is 58.9 Å². The van der Waals surface area contributed by atoms with Crippen LogP contribution in [-0.2, 0) is 0 Å². The summed E-state index contributed by atoms with van der Waals surface area (Å²) >= 11 is 0. The second-order valence-electron chi connectivity index (χ2n) is 4.88. The Hall–Kier alpha value is -1.06. The van der Waals surface area contributed by atoms with Crippen LogP contribution in [0.25, 0.3) is 0 Å². The van der Waals surface area contributed by atoms with Gasteiger partial charge in [0.05, 0.1) is 12.1 Å². The van der Waals surface area contributed by atoms with E-state index in [1.54, 1.807) is 0 Å². The summed E-state index contributed by atoms with van der Waals surface area (Å²) in [4.78, 5) is 20.8. The maximum atomic E-state index is 10.4. The first-order valence-electron chi connectivity index (χ1n) is 6.18. The van der Waals surface area contributed by atoms with Gasteiger partial charge in [-0.05, 0) is 51.4 Å². The number of hydrogen-bond acceptors (Lipinski definition) is 4. The van der Waals surface area contributed by atoms with Crippen molar-refractivity contribution in [3.05, 3.63) is 21.0 Å². The van der Waals surface area contributed by atoms with Gasteiger partial charge < -0.3 is 0 Å². The summed E-state index contributed by atoms with van der Waals surface area (Å²) in [5.41, 5.74) is 3.06. The normalized spacial score (nSPS) is 31.2. The van der Waals surface area contributed by atoms with E-state index >= 15 is 0 Å². The summed E-state index contributed by atoms with van der Waals surface area (Å²) in [5.74, 6) is 0. The smallest absolute Gasteiger partial charge is 0.0925 e. The van der Waals surface area contributed by atoms with E-state index in [0.717, 1.165) is 51.4 Å². The molecule has 4 nitrogen and oxygen atoms in total. The Labute approximate surface area is 95.4 Å². The van der Waals surface area contributed by atoms with E-state index in [2.05, 4.69) is 10.4 Å². The summed E-state index contributed by atoms with van der Waals surface area (Å²) in [7, 11) is 0. The summed E-state index contributed by atoms with van der Waals surface area (Å²) in [5, 5.41) is 6.25. The molecule has 4 heteroatoms. The Balaban J connectivity index is 1.92. The Morgan fingerprint density at radius 2 is 1.00 bits per heavy atom. The standard InChI is InChI=1S/C12H18N2O2/c15-13-11-5-1-9(2-6-11)10-3-7-12(14-16)8-4-10/h11-12H,1-8H2. The molecule has 2 saturated carbocycles. The highest BCUT2D eigenvalue weighted by Gasteiger charge is 2.23. The molecule has 0 aromatic rings. The van der Waals surface area contributed by atoms with Crippen molar-refractivity contribution < 1.29 is 0 Å². The molecule has 0 aliphatic heterocycles. The molecule has 0 spiro atoms. The molecule has 0 bridgehead atoms. The zero-order valence-corrected chi connectivity index (χ0v) is 9.52. The van der Waals surface area contributed by atoms with Gasteiger partial charge in [0, 0.05) is 0 Å². The Kier molecular flexibility index (Phi) is 3.80. The quantitative estimate of drug-likeness (QED) is 0.528. The number of nitroso groups, excluding NO2 is 2. The fourth-order valence-corrected chi connectivity index (χ4v) is 2.82. The third kappa shape index (κ3) is 2.54. The number of rotatable bonds is 2. The molecule has 2 fully saturated rings. The Bertz CT molecular complexity index is 262. The average molecular weight is 222 g/mol. The fourth-order valence-electron chi connectivity index (χ4n) is 2.82. The van der Waals surface area contributed by atoms with Crippen molar-refractivity contribution >= 4 is 0 Å². The van der Waals surface area contributed by atoms with Crippen LogP contribution < -0.4 is 0 Å². The zero-order chi connectivity index (χ0) is 11.4. The predicted octanol–water partition coefficient (Wildman–Crippen LogP) is 3.70. The number of hydrogen-bond donors (Lipinski definition) is 0. The van der Waals surface area contributed by atoms with Crippen LogP contribution in [0.15, 0.2) is 21.5 Å². The second-order valence-corrected chi connectivity index (χ2v) is 4.88. The summed E-state index contributed by atoms with van der Waals surface area (Å²) in [6.07, 6.45) is 7.79. The SMILES string of the molecule is O=NC1CCC(=C2CCC(N=O)CC2)CC1. The van der Waals surface area contributed by atoms with E-state index in [1.165, 1.54) is 11.1 Å². The minimum atomic E-state index is 0.0392. The van der Waals surface area contributed by atoms with E-state index in [1.807, 2.05) is 0 Å². The molecule has 88 valence electrons. The second kappa shape index (κ2) is 5.32. The van der Waals surface area contributed by atoms with Gasteiger partial charge in [-0.2, -0.15) is 9.81 Å². The van der Waals surface area contributed by atoms with Gasteiger partial charge in [0.25, 0.3) is 0 Å². The minimum absolute atomic E-state index is 0.0392. The maximum Gasteiger partial charge on any atom is 0.0925 e. The van der Waals surface area contributed by atoms with E-state index in [0.29, 0.717) is 0 Å². The van der Waals surface area contributed by atoms with Crippen LogP contribution in [0.1, 0.15) is 51.4 Å². The molecular weight excluding hydrogens is 204 g/mol. The van der Waals surface area contributed by atoms with Crippen LogP contribution in [-0.4, -0.2) is 12.1 Å². The van der Waals surface area contributed by atoms with Crippen LogP contribution in [0.4, 0.5) is 0 Å². The third-order valence-corrected chi connectivity index (χ3v) is 3.92. The molecule has 2 aliphatic carbocycles. The molecule has 0 aromatic heterocycles. The highest BCUT2D eigenvalue weighted by molar-refractivity contribution is 5.19. The lowest BCUT2D eigenvalue weighted by Gasteiger charge is -2.26. The zero-order valence-electron chi connectivity index (χ0n) is 9.52. The first kappa shape index (κ1) is 11.4. The molecule has 0 unspecified atom stereocenters. The van der Waals surface area contributed by atoms with Crippen molar-refractivity contribution in [2.45, 2.75) is 63.5 Å². The van der Waals surface area contributed by atoms with E-state index in [4.69, 9.17) is 0 Å². The first-order chi connectivity index (χ1) is 7.83. The summed E-state index contributed by atoms with van der Waals surface area (Å²) < 4.78 is 0. The largest absolute Gasteiger partial charge is 0.151 e. The molecule has 0 amide bonds. The Morgan fingerprint density at radius 3 is 1.25 bits per heavy atom. The van der Waals surface area contributed by atoms with E-state index in [9.17, 15) is 9.81 Å². The van der Waals surface area contributed by atoms with Gasteiger partial charge >= 0.3 is 0 Å². The van der Waals surface area contributed by atoms with Crippen LogP contribution in [0.3, 0.4) is 0 Å². The molecular formula is C12H18N2O2. The van der Waals surface area contributed by atoms with E-state index < -0.39 is 0 Å². The van der Waals surface area contributed by atoms with Gasteiger partial charge in [-0.3, -0.25) is 0 Å². The van der Waals surface area contributed by atoms with Crippen molar-refractivity contribution in [3.63, 3.8) is 0 Å². The van der Waals surface area contributed by atoms with Gasteiger partial charge in [0.1, 0.15) is 0 Å². The van der Waals surface area contributed by atoms with Crippen molar-refractivity contribution in [2.75, 3.05) is 0 Å². The predicted molar refractivity (Wildman–Crippen MR) is 63.1 cm³/mol. The lowest BCUT2D eigenvalue weighted by atomic mass is 9.82. The van der Waals surface area contributed by atoms with Gasteiger partial charge in [0.15, 0.2) is 0 Å². The van der Waals surface area contributed by atoms with Crippen LogP contribution in [0, 0.1) is 9.81 Å². The molecule has 0 atom stereocenters. The number of nitrogens with zero attached hydrogens (tertiary/aromatic N) is 2. The minimum Gasteiger partial charge on any atom is -0.151 e. The van der Waals surface area contributed by atoms with Crippen molar-refractivity contribution in [1.29, 1.82) is 0 Å². The molecule has 2 rings (SSSR count). The fraction of sp³-hybridized carbons (Fsp3) is 0.833. The van der Waals surface area contributed by atoms with Crippen LogP contribution >= 0.6 is 0 Å². The van der Waals surface area contributed by atoms with Crippen molar-refractivity contribution in [2.24, 2.45) is 10.4 Å². The lowest BCUT2D eigenvalue weighted by molar-refractivity contribution is 0.474. The molecule has 0 aromatic carbocycles. The van der Waals surface area contributed by atoms with Gasteiger partial charge in [-0.25, -0.2) is 0 Å². The molecule has 0 heterocycles. The van der Waals surface area contributed by atoms with Crippen molar-refractivity contribution in [1.82, 2.24) is 0 Å². The van der Waals surface area contributed by atoms with Gasteiger partial charge in [0.2, 0.25) is 0 Å². The summed E-state index contributed by atoms with van der Waals surface area (Å²) in [6.45, 7) is 0. The van der Waals surface area contributed by atoms with Crippen LogP contribution in [0.2, 0.25) is 0 Å². The average Bonchev–Trinajstić information content (AvgIpc) is 2.39. The first-order valence-corrected chi connectivity index (χ1v) is 6.18. The molecule has 0 saturated heterocycles. The molecule has 0 radical (unpaired) electrons. The molecule has 0 N–H and O–H groups in total. The summed E-state index contributed by atoms with van der Waals surface area (Å²) in [6, 6.07) is 0.0784. The van der Waals surface area contributed by atoms with Crippen molar-refractivity contribution in [3.8, 4) is 0 Å². The van der Waals surface area contributed by atoms with Crippen LogP contribution in [0.5, 0.6) is 0 Å². The lowest BCUT2D eigenvalue weighted by Crippen LogP contribution is -2.16. The molecule has 2 aliphatic rings. The monoisotopic (exact) mass is 222 g/mol. The van der Waals surface area contributed by atoms with Gasteiger partial charge in [-0.15, -0.1) is 0 Å². The molecule has 16 heavy (non-hydrogen) atoms. The maximum absolute atomic E-state index is 10.4. The highest BCUT2D eigenvalue weighted by Crippen LogP contribution is 2.34. The highest BCUT2D eigenvalue weighted by atomic mass is 16.3.